The van der Waals surface area contributed by atoms with Crippen LogP contribution in [0.3, 0.4) is 0 Å². The summed E-state index contributed by atoms with van der Waals surface area (Å²) < 4.78 is 1.97. The van der Waals surface area contributed by atoms with Gasteiger partial charge in [0.25, 0.3) is 0 Å². The van der Waals surface area contributed by atoms with E-state index in [1.54, 1.807) is 0 Å². The molecule has 0 saturated carbocycles. The van der Waals surface area contributed by atoms with Crippen LogP contribution in [0, 0.1) is 5.41 Å². The zero-order valence-electron chi connectivity index (χ0n) is 12.3. The Balaban J connectivity index is 1.43. The quantitative estimate of drug-likeness (QED) is 0.935. The maximum absolute atomic E-state index is 4.72. The van der Waals surface area contributed by atoms with E-state index in [2.05, 4.69) is 34.6 Å². The summed E-state index contributed by atoms with van der Waals surface area (Å²) in [6.45, 7) is 5.79. The molecule has 1 N–H and O–H groups in total. The number of hydrogen-bond donors (Lipinski definition) is 1. The standard InChI is InChI=1S/C17H22N4/c1-2-4-16(5-3-1)21-10-6-15(19-21)12-20-11-8-17(14-20)7-9-18-13-17/h1-6,10,18H,7-9,11-14H2. The van der Waals surface area contributed by atoms with E-state index in [1.807, 2.05) is 22.9 Å². The van der Waals surface area contributed by atoms with Crippen molar-refractivity contribution in [3.05, 3.63) is 48.3 Å². The highest BCUT2D eigenvalue weighted by molar-refractivity contribution is 5.30. The highest BCUT2D eigenvalue weighted by Crippen LogP contribution is 2.36. The van der Waals surface area contributed by atoms with Crippen molar-refractivity contribution < 1.29 is 0 Å². The highest BCUT2D eigenvalue weighted by atomic mass is 15.3. The summed E-state index contributed by atoms with van der Waals surface area (Å²) in [5.74, 6) is 0. The Bertz CT molecular complexity index is 598. The molecule has 0 aliphatic carbocycles. The first-order valence-corrected chi connectivity index (χ1v) is 7.86. The second-order valence-corrected chi connectivity index (χ2v) is 6.47. The number of aromatic nitrogens is 2. The second kappa shape index (κ2) is 5.28. The van der Waals surface area contributed by atoms with Gasteiger partial charge in [0.15, 0.2) is 0 Å². The van der Waals surface area contributed by atoms with E-state index in [0.717, 1.165) is 12.2 Å². The van der Waals surface area contributed by atoms with Crippen molar-refractivity contribution in [1.29, 1.82) is 0 Å². The molecule has 1 unspecified atom stereocenters. The summed E-state index contributed by atoms with van der Waals surface area (Å²) >= 11 is 0. The second-order valence-electron chi connectivity index (χ2n) is 6.47. The van der Waals surface area contributed by atoms with E-state index in [0.29, 0.717) is 5.41 Å². The van der Waals surface area contributed by atoms with Gasteiger partial charge >= 0.3 is 0 Å². The number of benzene rings is 1. The minimum Gasteiger partial charge on any atom is -0.316 e. The molecule has 110 valence electrons. The predicted molar refractivity (Wildman–Crippen MR) is 83.4 cm³/mol. The Morgan fingerprint density at radius 1 is 1.14 bits per heavy atom. The van der Waals surface area contributed by atoms with Crippen molar-refractivity contribution in [2.75, 3.05) is 26.2 Å². The largest absolute Gasteiger partial charge is 0.316 e. The fourth-order valence-corrected chi connectivity index (χ4v) is 3.71. The van der Waals surface area contributed by atoms with Crippen LogP contribution < -0.4 is 5.32 Å². The molecule has 21 heavy (non-hydrogen) atoms. The average molecular weight is 282 g/mol. The van der Waals surface area contributed by atoms with Crippen LogP contribution in [-0.2, 0) is 6.54 Å². The third-order valence-electron chi connectivity index (χ3n) is 4.90. The van der Waals surface area contributed by atoms with E-state index >= 15 is 0 Å². The summed E-state index contributed by atoms with van der Waals surface area (Å²) in [6.07, 6.45) is 4.73. The van der Waals surface area contributed by atoms with E-state index in [9.17, 15) is 0 Å². The lowest BCUT2D eigenvalue weighted by atomic mass is 9.87. The number of hydrogen-bond acceptors (Lipinski definition) is 3. The number of nitrogens with zero attached hydrogens (tertiary/aromatic N) is 3. The van der Waals surface area contributed by atoms with Crippen LogP contribution in [0.1, 0.15) is 18.5 Å². The normalized spacial score (nSPS) is 25.9. The average Bonchev–Trinajstić information content (AvgIpc) is 3.24. The first-order valence-electron chi connectivity index (χ1n) is 7.86. The number of rotatable bonds is 3. The lowest BCUT2D eigenvalue weighted by Gasteiger charge is -2.22. The topological polar surface area (TPSA) is 33.1 Å². The van der Waals surface area contributed by atoms with Crippen LogP contribution in [0.25, 0.3) is 5.69 Å². The minimum atomic E-state index is 0.544. The molecule has 1 aromatic carbocycles. The van der Waals surface area contributed by atoms with Gasteiger partial charge < -0.3 is 5.32 Å². The van der Waals surface area contributed by atoms with Gasteiger partial charge in [-0.2, -0.15) is 5.10 Å². The van der Waals surface area contributed by atoms with Gasteiger partial charge in [0, 0.05) is 25.8 Å². The van der Waals surface area contributed by atoms with Crippen LogP contribution in [0.2, 0.25) is 0 Å². The van der Waals surface area contributed by atoms with Crippen LogP contribution >= 0.6 is 0 Å². The molecule has 0 bridgehead atoms. The molecule has 4 heteroatoms. The van der Waals surface area contributed by atoms with Gasteiger partial charge in [0.1, 0.15) is 0 Å². The van der Waals surface area contributed by atoms with Gasteiger partial charge in [-0.3, -0.25) is 4.90 Å². The molecule has 1 spiro atoms. The van der Waals surface area contributed by atoms with E-state index in [-0.39, 0.29) is 0 Å². The molecule has 2 aliphatic rings. The Labute approximate surface area is 125 Å². The van der Waals surface area contributed by atoms with Crippen LogP contribution in [-0.4, -0.2) is 40.9 Å². The molecular formula is C17H22N4. The smallest absolute Gasteiger partial charge is 0.0769 e. The lowest BCUT2D eigenvalue weighted by Crippen LogP contribution is -2.29. The molecule has 4 nitrogen and oxygen atoms in total. The van der Waals surface area contributed by atoms with E-state index in [1.165, 1.54) is 44.7 Å². The molecule has 4 rings (SSSR count). The molecular weight excluding hydrogens is 260 g/mol. The summed E-state index contributed by atoms with van der Waals surface area (Å²) in [6, 6.07) is 12.5. The third kappa shape index (κ3) is 2.61. The van der Waals surface area contributed by atoms with Gasteiger partial charge in [-0.25, -0.2) is 4.68 Å². The van der Waals surface area contributed by atoms with Crippen molar-refractivity contribution >= 4 is 0 Å². The SMILES string of the molecule is c1ccc(-n2ccc(CN3CCC4(CCNC4)C3)n2)cc1. The minimum absolute atomic E-state index is 0.544. The number of likely N-dealkylation sites (tertiary alicyclic amines) is 1. The van der Waals surface area contributed by atoms with Crippen LogP contribution in [0.15, 0.2) is 42.6 Å². The maximum atomic E-state index is 4.72. The Morgan fingerprint density at radius 3 is 2.86 bits per heavy atom. The number of nitrogens with one attached hydrogen (secondary N) is 1. The molecule has 1 aromatic heterocycles. The molecule has 2 saturated heterocycles. The first kappa shape index (κ1) is 13.0. The van der Waals surface area contributed by atoms with Crippen molar-refractivity contribution in [3.63, 3.8) is 0 Å². The molecule has 0 amide bonds. The Kier molecular flexibility index (Phi) is 3.28. The lowest BCUT2D eigenvalue weighted by molar-refractivity contribution is 0.266. The summed E-state index contributed by atoms with van der Waals surface area (Å²) in [4.78, 5) is 2.56. The monoisotopic (exact) mass is 282 g/mol. The van der Waals surface area contributed by atoms with Gasteiger partial charge in [0.05, 0.1) is 11.4 Å². The van der Waals surface area contributed by atoms with Crippen LogP contribution in [0.5, 0.6) is 0 Å². The molecule has 0 radical (unpaired) electrons. The predicted octanol–water partition coefficient (Wildman–Crippen LogP) is 2.06. The van der Waals surface area contributed by atoms with Crippen molar-refractivity contribution in [2.45, 2.75) is 19.4 Å². The molecule has 1 atom stereocenters. The summed E-state index contributed by atoms with van der Waals surface area (Å²) in [5, 5.41) is 8.24. The van der Waals surface area contributed by atoms with Gasteiger partial charge in [-0.15, -0.1) is 0 Å². The van der Waals surface area contributed by atoms with Gasteiger partial charge in [-0.1, -0.05) is 18.2 Å². The van der Waals surface area contributed by atoms with Crippen LogP contribution in [0.4, 0.5) is 0 Å². The molecule has 2 aromatic rings. The highest BCUT2D eigenvalue weighted by Gasteiger charge is 2.40. The third-order valence-corrected chi connectivity index (χ3v) is 4.90. The van der Waals surface area contributed by atoms with E-state index in [4.69, 9.17) is 5.10 Å². The molecule has 2 aliphatic heterocycles. The van der Waals surface area contributed by atoms with Crippen molar-refractivity contribution in [1.82, 2.24) is 20.0 Å². The number of para-hydroxylation sites is 1. The zero-order valence-corrected chi connectivity index (χ0v) is 12.3. The maximum Gasteiger partial charge on any atom is 0.0769 e. The van der Waals surface area contributed by atoms with Crippen molar-refractivity contribution in [3.8, 4) is 5.69 Å². The molecule has 3 heterocycles. The summed E-state index contributed by atoms with van der Waals surface area (Å²) in [7, 11) is 0. The Morgan fingerprint density at radius 2 is 2.05 bits per heavy atom. The summed E-state index contributed by atoms with van der Waals surface area (Å²) in [5.41, 5.74) is 2.84. The Hall–Kier alpha value is -1.65. The van der Waals surface area contributed by atoms with Gasteiger partial charge in [-0.05, 0) is 49.5 Å². The zero-order chi connectivity index (χ0) is 14.1. The first-order chi connectivity index (χ1) is 10.3. The van der Waals surface area contributed by atoms with Crippen molar-refractivity contribution in [2.24, 2.45) is 5.41 Å². The molecule has 2 fully saturated rings. The fraction of sp³-hybridized carbons (Fsp3) is 0.471. The van der Waals surface area contributed by atoms with Gasteiger partial charge in [0.2, 0.25) is 0 Å². The van der Waals surface area contributed by atoms with E-state index < -0.39 is 0 Å². The fourth-order valence-electron chi connectivity index (χ4n) is 3.71.